The Kier molecular flexibility index (Phi) is 6.27. The molecule has 0 N–H and O–H groups in total. The van der Waals surface area contributed by atoms with Gasteiger partial charge >= 0.3 is 0 Å². The molecule has 2 aliphatic rings. The number of aromatic nitrogens is 2. The quantitative estimate of drug-likeness (QED) is 0.687. The van der Waals surface area contributed by atoms with Gasteiger partial charge in [-0.15, -0.1) is 0 Å². The zero-order chi connectivity index (χ0) is 19.3. The molecule has 0 bridgehead atoms. The van der Waals surface area contributed by atoms with Gasteiger partial charge < -0.3 is 14.0 Å². The third kappa shape index (κ3) is 4.23. The van der Waals surface area contributed by atoms with Crippen LogP contribution < -0.4 is 4.74 Å². The molecule has 6 nitrogen and oxygen atoms in total. The molecule has 0 radical (unpaired) electrons. The fraction of sp³-hybridized carbons (Fsp3) is 0.636. The van der Waals surface area contributed by atoms with Gasteiger partial charge in [0.15, 0.2) is 5.82 Å². The number of rotatable bonds is 8. The molecule has 2 heterocycles. The Labute approximate surface area is 167 Å². The average molecular weight is 386 g/mol. The lowest BCUT2D eigenvalue weighted by Gasteiger charge is -2.33. The number of fused-ring (bicyclic) bond motifs is 1. The van der Waals surface area contributed by atoms with Crippen molar-refractivity contribution >= 4 is 0 Å². The van der Waals surface area contributed by atoms with Crippen LogP contribution in [0.15, 0.2) is 16.7 Å². The van der Waals surface area contributed by atoms with Crippen LogP contribution in [0.3, 0.4) is 0 Å². The summed E-state index contributed by atoms with van der Waals surface area (Å²) in [4.78, 5) is 7.13. The summed E-state index contributed by atoms with van der Waals surface area (Å²) in [6.45, 7) is 5.27. The smallest absolute Gasteiger partial charge is 0.244 e. The average Bonchev–Trinajstić information content (AvgIpc) is 3.36. The van der Waals surface area contributed by atoms with Crippen molar-refractivity contribution in [3.05, 3.63) is 40.5 Å². The summed E-state index contributed by atoms with van der Waals surface area (Å²) in [5.74, 6) is 2.51. The summed E-state index contributed by atoms with van der Waals surface area (Å²) in [6, 6.07) is 4.83. The lowest BCUT2D eigenvalue weighted by molar-refractivity contribution is 0.110. The third-order valence-electron chi connectivity index (χ3n) is 5.86. The summed E-state index contributed by atoms with van der Waals surface area (Å²) in [6.07, 6.45) is 7.75. The van der Waals surface area contributed by atoms with E-state index in [0.717, 1.165) is 37.0 Å². The zero-order valence-corrected chi connectivity index (χ0v) is 17.1. The van der Waals surface area contributed by atoms with E-state index in [1.165, 1.54) is 48.8 Å². The standard InChI is InChI=1S/C22H31N3O3/c1-3-27-20-14-17-8-6-7-16(17)13-18(20)15-25-11-5-4-9-19(25)22-23-21(24-28-22)10-12-26-2/h13-14,19H,3-12,15H2,1-2H3. The number of hydrogen-bond donors (Lipinski definition) is 0. The SMILES string of the molecule is CCOc1cc2c(cc1CN1CCCCC1c1nc(CCOC)no1)CCC2. The van der Waals surface area contributed by atoms with E-state index in [0.29, 0.717) is 19.6 Å². The molecule has 152 valence electrons. The summed E-state index contributed by atoms with van der Waals surface area (Å²) < 4.78 is 16.8. The normalized spacial score (nSPS) is 19.7. The Balaban J connectivity index is 1.54. The van der Waals surface area contributed by atoms with Crippen LogP contribution in [0.1, 0.15) is 67.1 Å². The molecule has 1 aliphatic carbocycles. The molecule has 1 aromatic carbocycles. The molecule has 1 unspecified atom stereocenters. The topological polar surface area (TPSA) is 60.6 Å². The molecule has 0 saturated carbocycles. The molecule has 28 heavy (non-hydrogen) atoms. The van der Waals surface area contributed by atoms with Crippen molar-refractivity contribution in [2.45, 2.75) is 64.5 Å². The maximum atomic E-state index is 6.00. The van der Waals surface area contributed by atoms with Crippen LogP contribution in [0.25, 0.3) is 0 Å². The Morgan fingerprint density at radius 3 is 2.86 bits per heavy atom. The van der Waals surface area contributed by atoms with Gasteiger partial charge in [0.25, 0.3) is 0 Å². The fourth-order valence-electron chi connectivity index (χ4n) is 4.44. The van der Waals surface area contributed by atoms with Gasteiger partial charge in [-0.05, 0) is 62.8 Å². The van der Waals surface area contributed by atoms with Gasteiger partial charge in [0, 0.05) is 25.6 Å². The molecule has 1 saturated heterocycles. The van der Waals surface area contributed by atoms with Crippen LogP contribution in [-0.4, -0.2) is 41.9 Å². The van der Waals surface area contributed by atoms with Gasteiger partial charge in [-0.1, -0.05) is 17.6 Å². The molecular weight excluding hydrogens is 354 g/mol. The van der Waals surface area contributed by atoms with Gasteiger partial charge in [0.05, 0.1) is 19.3 Å². The number of piperidine rings is 1. The first-order valence-electron chi connectivity index (χ1n) is 10.6. The van der Waals surface area contributed by atoms with Crippen LogP contribution in [0.5, 0.6) is 5.75 Å². The summed E-state index contributed by atoms with van der Waals surface area (Å²) >= 11 is 0. The van der Waals surface area contributed by atoms with Gasteiger partial charge in [-0.3, -0.25) is 4.90 Å². The molecule has 4 rings (SSSR count). The second kappa shape index (κ2) is 9.05. The number of methoxy groups -OCH3 is 1. The van der Waals surface area contributed by atoms with Crippen molar-refractivity contribution in [3.8, 4) is 5.75 Å². The first kappa shape index (κ1) is 19.4. The number of hydrogen-bond acceptors (Lipinski definition) is 6. The monoisotopic (exact) mass is 385 g/mol. The number of ether oxygens (including phenoxy) is 2. The van der Waals surface area contributed by atoms with Crippen molar-refractivity contribution in [2.75, 3.05) is 26.9 Å². The molecule has 1 atom stereocenters. The minimum Gasteiger partial charge on any atom is -0.494 e. The second-order valence-electron chi connectivity index (χ2n) is 7.79. The van der Waals surface area contributed by atoms with Gasteiger partial charge in [0.2, 0.25) is 5.89 Å². The van der Waals surface area contributed by atoms with Crippen LogP contribution >= 0.6 is 0 Å². The second-order valence-corrected chi connectivity index (χ2v) is 7.79. The summed E-state index contributed by atoms with van der Waals surface area (Å²) in [7, 11) is 1.69. The van der Waals surface area contributed by atoms with E-state index in [-0.39, 0.29) is 6.04 Å². The van der Waals surface area contributed by atoms with E-state index in [1.807, 2.05) is 0 Å². The Hall–Kier alpha value is -1.92. The van der Waals surface area contributed by atoms with Crippen LogP contribution in [0.4, 0.5) is 0 Å². The fourth-order valence-corrected chi connectivity index (χ4v) is 4.44. The number of benzene rings is 1. The largest absolute Gasteiger partial charge is 0.494 e. The Morgan fingerprint density at radius 1 is 1.18 bits per heavy atom. The highest BCUT2D eigenvalue weighted by atomic mass is 16.5. The molecule has 1 fully saturated rings. The van der Waals surface area contributed by atoms with Crippen molar-refractivity contribution < 1.29 is 14.0 Å². The minimum absolute atomic E-state index is 0.181. The molecule has 0 spiro atoms. The van der Waals surface area contributed by atoms with Crippen LogP contribution in [0.2, 0.25) is 0 Å². The lowest BCUT2D eigenvalue weighted by atomic mass is 9.99. The van der Waals surface area contributed by atoms with Crippen molar-refractivity contribution in [3.63, 3.8) is 0 Å². The highest BCUT2D eigenvalue weighted by Gasteiger charge is 2.30. The number of likely N-dealkylation sites (tertiary alicyclic amines) is 1. The number of nitrogens with zero attached hydrogens (tertiary/aromatic N) is 3. The van der Waals surface area contributed by atoms with Crippen LogP contribution in [-0.2, 0) is 30.5 Å². The lowest BCUT2D eigenvalue weighted by Crippen LogP contribution is -2.33. The molecular formula is C22H31N3O3. The molecule has 1 aliphatic heterocycles. The predicted octanol–water partition coefficient (Wildman–Crippen LogP) is 3.87. The van der Waals surface area contributed by atoms with E-state index in [1.54, 1.807) is 7.11 Å². The van der Waals surface area contributed by atoms with Crippen LogP contribution in [0, 0.1) is 0 Å². The molecule has 6 heteroatoms. The van der Waals surface area contributed by atoms with Gasteiger partial charge in [0.1, 0.15) is 5.75 Å². The maximum Gasteiger partial charge on any atom is 0.244 e. The maximum absolute atomic E-state index is 6.00. The van der Waals surface area contributed by atoms with Crippen molar-refractivity contribution in [1.29, 1.82) is 0 Å². The van der Waals surface area contributed by atoms with Gasteiger partial charge in [-0.2, -0.15) is 4.98 Å². The first-order chi connectivity index (χ1) is 13.8. The summed E-state index contributed by atoms with van der Waals surface area (Å²) in [5.41, 5.74) is 4.24. The Bertz CT molecular complexity index is 789. The zero-order valence-electron chi connectivity index (χ0n) is 17.1. The predicted molar refractivity (Wildman–Crippen MR) is 107 cm³/mol. The summed E-state index contributed by atoms with van der Waals surface area (Å²) in [5, 5.41) is 4.15. The van der Waals surface area contributed by atoms with E-state index in [9.17, 15) is 0 Å². The third-order valence-corrected chi connectivity index (χ3v) is 5.86. The van der Waals surface area contributed by atoms with E-state index < -0.39 is 0 Å². The van der Waals surface area contributed by atoms with E-state index in [2.05, 4.69) is 34.1 Å². The van der Waals surface area contributed by atoms with Gasteiger partial charge in [-0.25, -0.2) is 0 Å². The molecule has 2 aromatic rings. The first-order valence-corrected chi connectivity index (χ1v) is 10.6. The Morgan fingerprint density at radius 2 is 2.04 bits per heavy atom. The highest BCUT2D eigenvalue weighted by Crippen LogP contribution is 2.35. The molecule has 1 aromatic heterocycles. The van der Waals surface area contributed by atoms with Crippen molar-refractivity contribution in [1.82, 2.24) is 15.0 Å². The molecule has 0 amide bonds. The van der Waals surface area contributed by atoms with Crippen molar-refractivity contribution in [2.24, 2.45) is 0 Å². The minimum atomic E-state index is 0.181. The van der Waals surface area contributed by atoms with E-state index in [4.69, 9.17) is 14.0 Å². The van der Waals surface area contributed by atoms with E-state index >= 15 is 0 Å². The highest BCUT2D eigenvalue weighted by molar-refractivity contribution is 5.45. The number of aryl methyl sites for hydroxylation is 2.